The predicted octanol–water partition coefficient (Wildman–Crippen LogP) is 6.58. The molecular formula is C35H36N6O. The molecule has 7 nitrogen and oxygen atoms in total. The van der Waals surface area contributed by atoms with Gasteiger partial charge in [-0.05, 0) is 61.6 Å². The number of carbonyl (C=O) groups is 1. The summed E-state index contributed by atoms with van der Waals surface area (Å²) >= 11 is 0. The first kappa shape index (κ1) is 27.3. The topological polar surface area (TPSA) is 94.7 Å². The Kier molecular flexibility index (Phi) is 7.73. The summed E-state index contributed by atoms with van der Waals surface area (Å²) in [6, 6.07) is 6.20. The van der Waals surface area contributed by atoms with E-state index in [1.807, 2.05) is 50.1 Å². The summed E-state index contributed by atoms with van der Waals surface area (Å²) in [6.07, 6.45) is 23.9. The molecule has 7 heteroatoms. The molecule has 42 heavy (non-hydrogen) atoms. The van der Waals surface area contributed by atoms with Gasteiger partial charge in [-0.3, -0.25) is 14.8 Å². The van der Waals surface area contributed by atoms with Gasteiger partial charge in [0.2, 0.25) is 5.91 Å². The number of fused-ring (bicyclic) bond motifs is 2. The zero-order valence-corrected chi connectivity index (χ0v) is 24.1. The molecule has 0 spiro atoms. The Morgan fingerprint density at radius 1 is 1.14 bits per heavy atom. The molecule has 0 atom stereocenters. The van der Waals surface area contributed by atoms with Crippen molar-refractivity contribution in [2.75, 3.05) is 6.54 Å². The third-order valence-corrected chi connectivity index (χ3v) is 8.07. The Labute approximate surface area is 246 Å². The number of aromatic amines is 1. The quantitative estimate of drug-likeness (QED) is 0.235. The zero-order chi connectivity index (χ0) is 29.1. The lowest BCUT2D eigenvalue weighted by Gasteiger charge is -2.24. The van der Waals surface area contributed by atoms with Crippen LogP contribution in [-0.2, 0) is 4.79 Å². The zero-order valence-electron chi connectivity index (χ0n) is 24.1. The van der Waals surface area contributed by atoms with Crippen molar-refractivity contribution >= 4 is 22.4 Å². The molecular weight excluding hydrogens is 520 g/mol. The first-order valence-corrected chi connectivity index (χ1v) is 14.6. The van der Waals surface area contributed by atoms with E-state index in [-0.39, 0.29) is 11.8 Å². The molecule has 3 aliphatic rings. The maximum absolute atomic E-state index is 12.6. The van der Waals surface area contributed by atoms with Crippen molar-refractivity contribution < 1.29 is 4.79 Å². The van der Waals surface area contributed by atoms with Gasteiger partial charge in [0.1, 0.15) is 0 Å². The van der Waals surface area contributed by atoms with E-state index in [0.717, 1.165) is 92.7 Å². The fourth-order valence-corrected chi connectivity index (χ4v) is 5.45. The van der Waals surface area contributed by atoms with Gasteiger partial charge in [-0.25, -0.2) is 0 Å². The van der Waals surface area contributed by atoms with Gasteiger partial charge in [0.25, 0.3) is 0 Å². The first-order valence-electron chi connectivity index (χ1n) is 14.6. The molecule has 0 bridgehead atoms. The molecule has 0 aromatic carbocycles. The summed E-state index contributed by atoms with van der Waals surface area (Å²) in [5.74, 6) is 0.241. The maximum atomic E-state index is 12.6. The van der Waals surface area contributed by atoms with Gasteiger partial charge in [-0.1, -0.05) is 43.7 Å². The minimum atomic E-state index is 0.111. The number of hydrogen-bond donors (Lipinski definition) is 4. The molecule has 212 valence electrons. The van der Waals surface area contributed by atoms with Crippen molar-refractivity contribution in [2.24, 2.45) is 5.92 Å². The van der Waals surface area contributed by atoms with Crippen LogP contribution in [0.5, 0.6) is 0 Å². The van der Waals surface area contributed by atoms with E-state index in [1.165, 1.54) is 0 Å². The normalized spacial score (nSPS) is 17.4. The number of pyridine rings is 2. The molecule has 3 aromatic rings. The van der Waals surface area contributed by atoms with E-state index in [1.54, 1.807) is 6.20 Å². The second kappa shape index (κ2) is 11.9. The number of H-pyrrole nitrogens is 1. The molecule has 6 rings (SSSR count). The van der Waals surface area contributed by atoms with Crippen molar-refractivity contribution in [1.29, 1.82) is 0 Å². The summed E-state index contributed by atoms with van der Waals surface area (Å²) in [7, 11) is 0. The number of amides is 1. The van der Waals surface area contributed by atoms with E-state index in [9.17, 15) is 4.79 Å². The molecule has 2 aliphatic heterocycles. The summed E-state index contributed by atoms with van der Waals surface area (Å²) in [5, 5.41) is 11.1. The van der Waals surface area contributed by atoms with Gasteiger partial charge in [0.05, 0.1) is 17.4 Å². The third-order valence-electron chi connectivity index (χ3n) is 8.07. The minimum Gasteiger partial charge on any atom is -0.380 e. The van der Waals surface area contributed by atoms with Crippen LogP contribution in [0.2, 0.25) is 0 Å². The van der Waals surface area contributed by atoms with Crippen LogP contribution in [0.15, 0.2) is 120 Å². The number of rotatable bonds is 8. The molecule has 0 unspecified atom stereocenters. The van der Waals surface area contributed by atoms with Crippen LogP contribution in [0.4, 0.5) is 0 Å². The molecule has 1 amide bonds. The number of nitrogens with zero attached hydrogens (tertiary/aromatic N) is 2. The Bertz CT molecular complexity index is 1730. The molecule has 1 aliphatic carbocycles. The average molecular weight is 557 g/mol. The van der Waals surface area contributed by atoms with Gasteiger partial charge >= 0.3 is 0 Å². The summed E-state index contributed by atoms with van der Waals surface area (Å²) in [4.78, 5) is 25.1. The average Bonchev–Trinajstić information content (AvgIpc) is 3.28. The van der Waals surface area contributed by atoms with Gasteiger partial charge < -0.3 is 20.9 Å². The number of aromatic nitrogens is 3. The molecule has 3 aromatic heterocycles. The van der Waals surface area contributed by atoms with Gasteiger partial charge in [-0.15, -0.1) is 0 Å². The third kappa shape index (κ3) is 5.63. The fraction of sp³-hybridized carbons (Fsp3) is 0.229. The lowest BCUT2D eigenvalue weighted by Crippen LogP contribution is -2.33. The van der Waals surface area contributed by atoms with E-state index < -0.39 is 0 Å². The smallest absolute Gasteiger partial charge is 0.227 e. The van der Waals surface area contributed by atoms with Crippen molar-refractivity contribution in [1.82, 2.24) is 30.9 Å². The molecule has 0 saturated heterocycles. The van der Waals surface area contributed by atoms with Crippen LogP contribution in [0.25, 0.3) is 27.6 Å². The maximum Gasteiger partial charge on any atom is 0.227 e. The summed E-state index contributed by atoms with van der Waals surface area (Å²) < 4.78 is 0. The van der Waals surface area contributed by atoms with Crippen LogP contribution in [0.3, 0.4) is 0 Å². The molecule has 4 N–H and O–H groups in total. The molecule has 1 fully saturated rings. The number of carbonyl (C=O) groups excluding carboxylic acids is 1. The highest BCUT2D eigenvalue weighted by Gasteiger charge is 2.25. The highest BCUT2D eigenvalue weighted by atomic mass is 16.1. The second-order valence-corrected chi connectivity index (χ2v) is 11.0. The highest BCUT2D eigenvalue weighted by molar-refractivity contribution is 5.98. The standard InChI is InChI=1S/C35H36N6O/c1-4-22(2)13-26(14-23(3)40-35(42)24-7-5-8-24)27-15-29-28(10-12-39-33(29)20-37-18-27)32-16-30-31(19-38-21-34(30)41-32)25-9-6-11-36-17-25/h6,9-11,13-21,24,37,39,41H,2,4-5,7-8,12H2,1,3H3,(H,40,42)/b23-14+,26-13+. The molecule has 1 saturated carbocycles. The van der Waals surface area contributed by atoms with Crippen LogP contribution in [-0.4, -0.2) is 27.4 Å². The predicted molar refractivity (Wildman–Crippen MR) is 169 cm³/mol. The molecule has 5 heterocycles. The Morgan fingerprint density at radius 3 is 2.79 bits per heavy atom. The fourth-order valence-electron chi connectivity index (χ4n) is 5.45. The van der Waals surface area contributed by atoms with Crippen molar-refractivity contribution in [2.45, 2.75) is 39.5 Å². The second-order valence-electron chi connectivity index (χ2n) is 11.0. The van der Waals surface area contributed by atoms with Gasteiger partial charge in [-0.2, -0.15) is 0 Å². The Hall–Kier alpha value is -4.91. The van der Waals surface area contributed by atoms with Crippen molar-refractivity contribution in [3.8, 4) is 11.1 Å². The Morgan fingerprint density at radius 2 is 2.02 bits per heavy atom. The van der Waals surface area contributed by atoms with Gasteiger partial charge in [0, 0.05) is 82.5 Å². The number of nitrogens with one attached hydrogen (secondary N) is 4. The summed E-state index contributed by atoms with van der Waals surface area (Å²) in [5.41, 5.74) is 11.1. The lowest BCUT2D eigenvalue weighted by molar-refractivity contribution is -0.126. The number of allylic oxidation sites excluding steroid dienone is 8. The SMILES string of the molecule is C=C(/C=C(\C=C(/C)NC(=O)C1CCC1)C1=CNC=C2NCC=C(c3cc4c(-c5cccnc5)cncc4[nH]3)C2=C1)CC. The van der Waals surface area contributed by atoms with E-state index in [0.29, 0.717) is 6.54 Å². The van der Waals surface area contributed by atoms with Crippen LogP contribution in [0.1, 0.15) is 45.2 Å². The van der Waals surface area contributed by atoms with Crippen molar-refractivity contribution in [3.05, 3.63) is 126 Å². The van der Waals surface area contributed by atoms with Gasteiger partial charge in [0.15, 0.2) is 0 Å². The first-order chi connectivity index (χ1) is 20.5. The van der Waals surface area contributed by atoms with Crippen molar-refractivity contribution in [3.63, 3.8) is 0 Å². The van der Waals surface area contributed by atoms with E-state index in [4.69, 9.17) is 0 Å². The minimum absolute atomic E-state index is 0.111. The van der Waals surface area contributed by atoms with Crippen LogP contribution >= 0.6 is 0 Å². The monoisotopic (exact) mass is 556 g/mol. The molecule has 0 radical (unpaired) electrons. The van der Waals surface area contributed by atoms with Crippen LogP contribution < -0.4 is 16.0 Å². The van der Waals surface area contributed by atoms with E-state index >= 15 is 0 Å². The largest absolute Gasteiger partial charge is 0.380 e. The highest BCUT2D eigenvalue weighted by Crippen LogP contribution is 2.36. The number of hydrogen-bond acceptors (Lipinski definition) is 5. The lowest BCUT2D eigenvalue weighted by atomic mass is 9.85. The van der Waals surface area contributed by atoms with Crippen LogP contribution in [0, 0.1) is 5.92 Å². The van der Waals surface area contributed by atoms with E-state index in [2.05, 4.69) is 74.8 Å². The Balaban J connectivity index is 1.38. The summed E-state index contributed by atoms with van der Waals surface area (Å²) in [6.45, 7) is 8.99.